The normalized spacial score (nSPS) is 12.3. The third-order valence-electron chi connectivity index (χ3n) is 4.28. The van der Waals surface area contributed by atoms with E-state index in [1.54, 1.807) is 23.6 Å². The van der Waals surface area contributed by atoms with Gasteiger partial charge in [0.1, 0.15) is 22.0 Å². The number of nitro groups is 1. The van der Waals surface area contributed by atoms with Crippen LogP contribution in [0.4, 0.5) is 5.69 Å². The van der Waals surface area contributed by atoms with Crippen molar-refractivity contribution in [1.82, 2.24) is 0 Å². The molecule has 0 saturated heterocycles. The van der Waals surface area contributed by atoms with Crippen LogP contribution >= 0.6 is 11.3 Å². The van der Waals surface area contributed by atoms with Gasteiger partial charge in [0.2, 0.25) is 6.79 Å². The Morgan fingerprint density at radius 3 is 2.70 bits per heavy atom. The van der Waals surface area contributed by atoms with E-state index in [4.69, 9.17) is 18.6 Å². The molecule has 0 unspecified atom stereocenters. The number of rotatable bonds is 6. The highest BCUT2D eigenvalue weighted by molar-refractivity contribution is 7.12. The Kier molecular flexibility index (Phi) is 5.07. The number of benzene rings is 1. The fourth-order valence-electron chi connectivity index (χ4n) is 2.87. The first kappa shape index (κ1) is 19.4. The van der Waals surface area contributed by atoms with E-state index in [2.05, 4.69) is 0 Å². The number of hydrogen-bond donors (Lipinski definition) is 0. The molecule has 152 valence electrons. The van der Waals surface area contributed by atoms with Crippen molar-refractivity contribution < 1.29 is 33.1 Å². The first-order valence-corrected chi connectivity index (χ1v) is 9.42. The Bertz CT molecular complexity index is 1190. The van der Waals surface area contributed by atoms with Gasteiger partial charge in [0, 0.05) is 11.6 Å². The van der Waals surface area contributed by atoms with Crippen LogP contribution in [0.1, 0.15) is 25.8 Å². The molecular weight excluding hydrogens is 414 g/mol. The zero-order valence-electron chi connectivity index (χ0n) is 15.4. The van der Waals surface area contributed by atoms with Crippen molar-refractivity contribution in [3.8, 4) is 22.8 Å². The lowest BCUT2D eigenvalue weighted by Gasteiger charge is -2.01. The van der Waals surface area contributed by atoms with Crippen LogP contribution in [-0.4, -0.2) is 30.6 Å². The van der Waals surface area contributed by atoms with Gasteiger partial charge in [0.25, 0.3) is 5.69 Å². The van der Waals surface area contributed by atoms with E-state index in [9.17, 15) is 19.7 Å². The maximum atomic E-state index is 12.6. The summed E-state index contributed by atoms with van der Waals surface area (Å²) in [4.78, 5) is 35.5. The molecule has 0 fully saturated rings. The van der Waals surface area contributed by atoms with Crippen LogP contribution in [-0.2, 0) is 4.74 Å². The third-order valence-corrected chi connectivity index (χ3v) is 5.17. The number of carbonyl (C=O) groups is 2. The molecular formula is C20H13NO8S. The fraction of sp³-hybridized carbons (Fsp3) is 0.100. The Hall–Kier alpha value is -3.92. The van der Waals surface area contributed by atoms with Gasteiger partial charge in [-0.15, -0.1) is 11.3 Å². The Labute approximate surface area is 173 Å². The number of ketones is 1. The van der Waals surface area contributed by atoms with Crippen LogP contribution < -0.4 is 9.47 Å². The third kappa shape index (κ3) is 3.55. The van der Waals surface area contributed by atoms with Crippen LogP contribution in [0.2, 0.25) is 0 Å². The molecule has 1 aromatic carbocycles. The van der Waals surface area contributed by atoms with Gasteiger partial charge in [-0.1, -0.05) is 0 Å². The predicted octanol–water partition coefficient (Wildman–Crippen LogP) is 4.33. The molecule has 0 spiro atoms. The zero-order valence-corrected chi connectivity index (χ0v) is 16.3. The van der Waals surface area contributed by atoms with Crippen molar-refractivity contribution in [2.75, 3.05) is 13.9 Å². The Morgan fingerprint density at radius 2 is 1.97 bits per heavy atom. The largest absolute Gasteiger partial charge is 0.465 e. The lowest BCUT2D eigenvalue weighted by atomic mass is 10.1. The van der Waals surface area contributed by atoms with Crippen LogP contribution in [0.5, 0.6) is 11.5 Å². The molecule has 1 aliphatic rings. The van der Waals surface area contributed by atoms with Crippen molar-refractivity contribution in [3.05, 3.63) is 68.1 Å². The highest BCUT2D eigenvalue weighted by Gasteiger charge is 2.26. The summed E-state index contributed by atoms with van der Waals surface area (Å²) in [6.07, 6.45) is 2.56. The van der Waals surface area contributed by atoms with E-state index in [1.807, 2.05) is 0 Å². The highest BCUT2D eigenvalue weighted by atomic mass is 32.1. The topological polar surface area (TPSA) is 118 Å². The van der Waals surface area contributed by atoms with E-state index < -0.39 is 16.7 Å². The number of thiophene rings is 1. The minimum Gasteiger partial charge on any atom is -0.465 e. The van der Waals surface area contributed by atoms with Crippen molar-refractivity contribution >= 4 is 34.9 Å². The molecule has 2 aromatic heterocycles. The lowest BCUT2D eigenvalue weighted by molar-refractivity contribution is -0.385. The number of allylic oxidation sites excluding steroid dienone is 1. The van der Waals surface area contributed by atoms with Crippen LogP contribution in [0.15, 0.2) is 46.2 Å². The smallest absolute Gasteiger partial charge is 0.348 e. The van der Waals surface area contributed by atoms with Crippen molar-refractivity contribution in [3.63, 3.8) is 0 Å². The Balaban J connectivity index is 1.59. The summed E-state index contributed by atoms with van der Waals surface area (Å²) in [7, 11) is 1.29. The van der Waals surface area contributed by atoms with Crippen molar-refractivity contribution in [1.29, 1.82) is 0 Å². The minimum atomic E-state index is -0.654. The molecule has 3 heterocycles. The highest BCUT2D eigenvalue weighted by Crippen LogP contribution is 2.38. The summed E-state index contributed by atoms with van der Waals surface area (Å²) >= 11 is 1.22. The number of nitrogens with zero attached hydrogens (tertiary/aromatic N) is 1. The molecule has 4 rings (SSSR count). The number of carbonyl (C=O) groups excluding carboxylic acids is 2. The molecule has 0 amide bonds. The summed E-state index contributed by atoms with van der Waals surface area (Å²) < 4.78 is 20.8. The lowest BCUT2D eigenvalue weighted by Crippen LogP contribution is -2.01. The maximum Gasteiger partial charge on any atom is 0.348 e. The van der Waals surface area contributed by atoms with E-state index in [-0.39, 0.29) is 29.5 Å². The number of nitro benzene ring substituents is 1. The summed E-state index contributed by atoms with van der Waals surface area (Å²) in [5.74, 6) is 0.185. The SMILES string of the molecule is COC(=O)c1sccc1-c1ccc(/C=C\C(=O)c2cc3c(cc2[N+](=O)[O-])OCO3)o1. The molecule has 10 heteroatoms. The standard InChI is InChI=1S/C20H13NO8S/c1-26-20(23)19-12(6-7-30-19)16-5-3-11(29-16)2-4-15(22)13-8-17-18(28-10-27-17)9-14(13)21(24)25/h2-9H,10H2,1H3/b4-2-. The zero-order chi connectivity index (χ0) is 21.3. The number of esters is 1. The maximum absolute atomic E-state index is 12.6. The van der Waals surface area contributed by atoms with Crippen LogP contribution in [0.3, 0.4) is 0 Å². The van der Waals surface area contributed by atoms with Crippen molar-refractivity contribution in [2.24, 2.45) is 0 Å². The predicted molar refractivity (Wildman–Crippen MR) is 106 cm³/mol. The number of furan rings is 1. The fourth-order valence-corrected chi connectivity index (χ4v) is 3.68. The number of methoxy groups -OCH3 is 1. The minimum absolute atomic E-state index is 0.0642. The second-order valence-corrected chi connectivity index (χ2v) is 6.95. The van der Waals surface area contributed by atoms with E-state index in [0.29, 0.717) is 22.0 Å². The van der Waals surface area contributed by atoms with Gasteiger partial charge in [0.05, 0.1) is 18.1 Å². The van der Waals surface area contributed by atoms with E-state index >= 15 is 0 Å². The van der Waals surface area contributed by atoms with Gasteiger partial charge in [-0.2, -0.15) is 0 Å². The summed E-state index contributed by atoms with van der Waals surface area (Å²) in [6.45, 7) is -0.0642. The Morgan fingerprint density at radius 1 is 1.20 bits per heavy atom. The first-order valence-electron chi connectivity index (χ1n) is 8.54. The molecule has 0 atom stereocenters. The molecule has 0 bridgehead atoms. The molecule has 0 saturated carbocycles. The second kappa shape index (κ2) is 7.84. The summed E-state index contributed by atoms with van der Waals surface area (Å²) in [5, 5.41) is 13.1. The van der Waals surface area contributed by atoms with E-state index in [0.717, 1.165) is 0 Å². The number of ether oxygens (including phenoxy) is 3. The second-order valence-electron chi connectivity index (χ2n) is 6.03. The molecule has 9 nitrogen and oxygen atoms in total. The first-order chi connectivity index (χ1) is 14.5. The molecule has 30 heavy (non-hydrogen) atoms. The molecule has 3 aromatic rings. The number of hydrogen-bond acceptors (Lipinski definition) is 9. The number of fused-ring (bicyclic) bond motifs is 1. The summed E-state index contributed by atoms with van der Waals surface area (Å²) in [6, 6.07) is 7.45. The van der Waals surface area contributed by atoms with Crippen LogP contribution in [0.25, 0.3) is 17.4 Å². The monoisotopic (exact) mass is 427 g/mol. The van der Waals surface area contributed by atoms with Gasteiger partial charge >= 0.3 is 5.97 Å². The molecule has 0 radical (unpaired) electrons. The van der Waals surface area contributed by atoms with Gasteiger partial charge in [0.15, 0.2) is 17.3 Å². The van der Waals surface area contributed by atoms with E-state index in [1.165, 1.54) is 42.7 Å². The average molecular weight is 427 g/mol. The average Bonchev–Trinajstić information content (AvgIpc) is 3.49. The van der Waals surface area contributed by atoms with Gasteiger partial charge in [-0.25, -0.2) is 4.79 Å². The molecule has 0 aliphatic carbocycles. The summed E-state index contributed by atoms with van der Waals surface area (Å²) in [5.41, 5.74) is 0.0670. The van der Waals surface area contributed by atoms with Crippen molar-refractivity contribution in [2.45, 2.75) is 0 Å². The van der Waals surface area contributed by atoms with Gasteiger partial charge in [-0.3, -0.25) is 14.9 Å². The van der Waals surface area contributed by atoms with Gasteiger partial charge < -0.3 is 18.6 Å². The quantitative estimate of drug-likeness (QED) is 0.188. The molecule has 0 N–H and O–H groups in total. The van der Waals surface area contributed by atoms with Gasteiger partial charge in [-0.05, 0) is 35.7 Å². The van der Waals surface area contributed by atoms with Crippen LogP contribution in [0, 0.1) is 10.1 Å². The molecule has 1 aliphatic heterocycles.